The van der Waals surface area contributed by atoms with Crippen molar-refractivity contribution < 1.29 is 9.53 Å². The van der Waals surface area contributed by atoms with Crippen molar-refractivity contribution in [1.29, 1.82) is 0 Å². The molecule has 16 heavy (non-hydrogen) atoms. The Balaban J connectivity index is 2.38. The highest BCUT2D eigenvalue weighted by atomic mass is 32.2. The molecule has 0 amide bonds. The van der Waals surface area contributed by atoms with Crippen molar-refractivity contribution in [3.05, 3.63) is 22.4 Å². The van der Waals surface area contributed by atoms with Crippen LogP contribution in [0, 0.1) is 0 Å². The lowest BCUT2D eigenvalue weighted by atomic mass is 10.1. The van der Waals surface area contributed by atoms with E-state index < -0.39 is 0 Å². The number of hydrogen-bond acceptors (Lipinski definition) is 4. The number of ether oxygens (including phenoxy) is 1. The molecule has 1 saturated carbocycles. The highest BCUT2D eigenvalue weighted by molar-refractivity contribution is 7.98. The molecule has 0 unspecified atom stereocenters. The Bertz CT molecular complexity index is 430. The number of carbonyl (C=O) groups excluding carboxylic acids is 1. The fourth-order valence-corrected chi connectivity index (χ4v) is 3.91. The molecule has 1 fully saturated rings. The van der Waals surface area contributed by atoms with E-state index in [0.29, 0.717) is 0 Å². The third-order valence-electron chi connectivity index (χ3n) is 2.93. The van der Waals surface area contributed by atoms with Crippen LogP contribution in [0.15, 0.2) is 17.5 Å². The molecule has 0 aromatic carbocycles. The minimum atomic E-state index is -0.342. The second-order valence-electron chi connectivity index (χ2n) is 3.82. The maximum atomic E-state index is 11.7. The van der Waals surface area contributed by atoms with Crippen LogP contribution in [-0.4, -0.2) is 19.3 Å². The molecule has 1 aliphatic rings. The summed E-state index contributed by atoms with van der Waals surface area (Å²) in [6.07, 6.45) is 5.71. The number of esters is 1. The molecule has 0 saturated heterocycles. The van der Waals surface area contributed by atoms with Gasteiger partial charge in [0.25, 0.3) is 0 Å². The summed E-state index contributed by atoms with van der Waals surface area (Å²) in [4.78, 5) is 15.2. The Kier molecular flexibility index (Phi) is 3.13. The Labute approximate surface area is 104 Å². The molecule has 1 aromatic heterocycles. The summed E-state index contributed by atoms with van der Waals surface area (Å²) < 4.78 is 4.88. The topological polar surface area (TPSA) is 26.3 Å². The van der Waals surface area contributed by atoms with Gasteiger partial charge in [0.05, 0.1) is 7.11 Å². The first kappa shape index (κ1) is 11.7. The first-order valence-corrected chi connectivity index (χ1v) is 7.11. The van der Waals surface area contributed by atoms with Crippen LogP contribution >= 0.6 is 23.1 Å². The van der Waals surface area contributed by atoms with Gasteiger partial charge < -0.3 is 4.74 Å². The van der Waals surface area contributed by atoms with Crippen molar-refractivity contribution in [2.45, 2.75) is 23.2 Å². The van der Waals surface area contributed by atoms with Gasteiger partial charge in [0.1, 0.15) is 5.41 Å². The molecule has 0 aliphatic heterocycles. The van der Waals surface area contributed by atoms with Gasteiger partial charge in [0, 0.05) is 14.6 Å². The Morgan fingerprint density at radius 3 is 2.75 bits per heavy atom. The maximum Gasteiger partial charge on any atom is 0.317 e. The summed E-state index contributed by atoms with van der Waals surface area (Å²) in [5.41, 5.74) is -0.342. The molecule has 2 rings (SSSR count). The Hall–Kier alpha value is -0.740. The molecule has 1 aromatic rings. The molecule has 2 nitrogen and oxygen atoms in total. The lowest BCUT2D eigenvalue weighted by Gasteiger charge is -2.09. The van der Waals surface area contributed by atoms with Crippen LogP contribution < -0.4 is 0 Å². The molecule has 0 radical (unpaired) electrons. The predicted octanol–water partition coefficient (Wildman–Crippen LogP) is 3.32. The molecule has 0 bridgehead atoms. The van der Waals surface area contributed by atoms with E-state index in [2.05, 4.69) is 12.6 Å². The van der Waals surface area contributed by atoms with E-state index in [9.17, 15) is 4.79 Å². The van der Waals surface area contributed by atoms with Crippen LogP contribution in [0.2, 0.25) is 0 Å². The van der Waals surface area contributed by atoms with Gasteiger partial charge in [-0.3, -0.25) is 4.79 Å². The van der Waals surface area contributed by atoms with E-state index in [1.54, 1.807) is 23.1 Å². The van der Waals surface area contributed by atoms with E-state index in [1.807, 2.05) is 12.3 Å². The van der Waals surface area contributed by atoms with Crippen molar-refractivity contribution >= 4 is 35.1 Å². The number of carbonyl (C=O) groups is 1. The Morgan fingerprint density at radius 2 is 2.38 bits per heavy atom. The average Bonchev–Trinajstić information content (AvgIpc) is 3.02. The minimum absolute atomic E-state index is 0.1000. The zero-order valence-corrected chi connectivity index (χ0v) is 11.0. The predicted molar refractivity (Wildman–Crippen MR) is 69.1 cm³/mol. The average molecular weight is 254 g/mol. The smallest absolute Gasteiger partial charge is 0.317 e. The number of hydrogen-bond donors (Lipinski definition) is 0. The van der Waals surface area contributed by atoms with Gasteiger partial charge in [0.15, 0.2) is 0 Å². The highest BCUT2D eigenvalue weighted by Gasteiger charge is 2.53. The number of thioether (sulfide) groups is 1. The fourth-order valence-electron chi connectivity index (χ4n) is 1.80. The van der Waals surface area contributed by atoms with E-state index in [1.165, 1.54) is 12.0 Å². The summed E-state index contributed by atoms with van der Waals surface area (Å²) in [5, 5.41) is 0. The number of thiophene rings is 1. The molecule has 0 atom stereocenters. The SMILES string of the molecule is C=Cc1sc(C2(C(=O)OC)CC2)cc1SC. The third kappa shape index (κ3) is 1.70. The number of rotatable bonds is 4. The monoisotopic (exact) mass is 254 g/mol. The molecule has 4 heteroatoms. The van der Waals surface area contributed by atoms with Gasteiger partial charge in [-0.2, -0.15) is 0 Å². The molecule has 1 heterocycles. The molecule has 0 N–H and O–H groups in total. The van der Waals surface area contributed by atoms with Gasteiger partial charge in [-0.1, -0.05) is 12.7 Å². The lowest BCUT2D eigenvalue weighted by molar-refractivity contribution is -0.143. The van der Waals surface area contributed by atoms with Crippen molar-refractivity contribution in [3.63, 3.8) is 0 Å². The van der Waals surface area contributed by atoms with Crippen molar-refractivity contribution in [1.82, 2.24) is 0 Å². The summed E-state index contributed by atoms with van der Waals surface area (Å²) in [6, 6.07) is 2.11. The normalized spacial score (nSPS) is 16.9. The zero-order chi connectivity index (χ0) is 11.8. The first-order chi connectivity index (χ1) is 7.67. The van der Waals surface area contributed by atoms with Crippen LogP contribution in [0.4, 0.5) is 0 Å². The number of methoxy groups -OCH3 is 1. The largest absolute Gasteiger partial charge is 0.468 e. The van der Waals surface area contributed by atoms with E-state index in [4.69, 9.17) is 4.74 Å². The highest BCUT2D eigenvalue weighted by Crippen LogP contribution is 2.53. The van der Waals surface area contributed by atoms with Crippen LogP contribution in [0.5, 0.6) is 0 Å². The van der Waals surface area contributed by atoms with Crippen LogP contribution in [0.1, 0.15) is 22.6 Å². The van der Waals surface area contributed by atoms with E-state index in [0.717, 1.165) is 22.6 Å². The quantitative estimate of drug-likeness (QED) is 0.609. The van der Waals surface area contributed by atoms with Gasteiger partial charge in [-0.05, 0) is 25.2 Å². The maximum absolute atomic E-state index is 11.7. The second-order valence-corrected chi connectivity index (χ2v) is 5.75. The van der Waals surface area contributed by atoms with E-state index in [-0.39, 0.29) is 11.4 Å². The molecule has 1 aliphatic carbocycles. The van der Waals surface area contributed by atoms with Crippen molar-refractivity contribution in [3.8, 4) is 0 Å². The summed E-state index contributed by atoms with van der Waals surface area (Å²) in [7, 11) is 1.46. The lowest BCUT2D eigenvalue weighted by Crippen LogP contribution is -2.20. The van der Waals surface area contributed by atoms with Crippen LogP contribution in [0.3, 0.4) is 0 Å². The van der Waals surface area contributed by atoms with Crippen LogP contribution in [0.25, 0.3) is 6.08 Å². The van der Waals surface area contributed by atoms with Gasteiger partial charge >= 0.3 is 5.97 Å². The van der Waals surface area contributed by atoms with Crippen molar-refractivity contribution in [2.75, 3.05) is 13.4 Å². The fraction of sp³-hybridized carbons (Fsp3) is 0.417. The zero-order valence-electron chi connectivity index (χ0n) is 9.41. The third-order valence-corrected chi connectivity index (χ3v) is 5.17. The molecule has 86 valence electrons. The van der Waals surface area contributed by atoms with E-state index >= 15 is 0 Å². The molecular weight excluding hydrogens is 240 g/mol. The standard InChI is InChI=1S/C12H14O2S2/c1-4-8-9(15-3)7-10(16-8)12(5-6-12)11(13)14-2/h4,7H,1,5-6H2,2-3H3. The van der Waals surface area contributed by atoms with Gasteiger partial charge in [0.2, 0.25) is 0 Å². The van der Waals surface area contributed by atoms with Crippen molar-refractivity contribution in [2.24, 2.45) is 0 Å². The molecule has 0 spiro atoms. The van der Waals surface area contributed by atoms with Gasteiger partial charge in [-0.15, -0.1) is 23.1 Å². The van der Waals surface area contributed by atoms with Crippen LogP contribution in [-0.2, 0) is 14.9 Å². The molecular formula is C12H14O2S2. The van der Waals surface area contributed by atoms with Gasteiger partial charge in [-0.25, -0.2) is 0 Å². The first-order valence-electron chi connectivity index (χ1n) is 5.07. The summed E-state index contributed by atoms with van der Waals surface area (Å²) in [5.74, 6) is -0.1000. The second kappa shape index (κ2) is 4.26. The summed E-state index contributed by atoms with van der Waals surface area (Å²) in [6.45, 7) is 3.80. The summed E-state index contributed by atoms with van der Waals surface area (Å²) >= 11 is 3.35. The minimum Gasteiger partial charge on any atom is -0.468 e. The Morgan fingerprint density at radius 1 is 1.69 bits per heavy atom.